The van der Waals surface area contributed by atoms with E-state index in [9.17, 15) is 13.2 Å². The van der Waals surface area contributed by atoms with Crippen molar-refractivity contribution in [3.63, 3.8) is 0 Å². The van der Waals surface area contributed by atoms with Gasteiger partial charge in [0.2, 0.25) is 10.0 Å². The van der Waals surface area contributed by atoms with Crippen LogP contribution in [0.5, 0.6) is 0 Å². The first kappa shape index (κ1) is 27.5. The Morgan fingerprint density at radius 1 is 1.06 bits per heavy atom. The van der Waals surface area contributed by atoms with Crippen LogP contribution in [0.25, 0.3) is 10.2 Å². The molecule has 0 atom stereocenters. The third-order valence-electron chi connectivity index (χ3n) is 6.08. The van der Waals surface area contributed by atoms with Crippen LogP contribution in [0, 0.1) is 13.8 Å². The van der Waals surface area contributed by atoms with Gasteiger partial charge in [0, 0.05) is 25.2 Å². The molecule has 0 unspecified atom stereocenters. The van der Waals surface area contributed by atoms with Gasteiger partial charge in [0.15, 0.2) is 5.13 Å². The molecular weight excluding hydrogens is 504 g/mol. The van der Waals surface area contributed by atoms with E-state index in [4.69, 9.17) is 4.98 Å². The van der Waals surface area contributed by atoms with Crippen molar-refractivity contribution in [3.05, 3.63) is 53.1 Å². The van der Waals surface area contributed by atoms with E-state index in [1.807, 2.05) is 27.1 Å². The normalized spacial score (nSPS) is 14.4. The van der Waals surface area contributed by atoms with Crippen LogP contribution < -0.4 is 4.90 Å². The predicted molar refractivity (Wildman–Crippen MR) is 146 cm³/mol. The van der Waals surface area contributed by atoms with Gasteiger partial charge in [-0.3, -0.25) is 9.69 Å². The van der Waals surface area contributed by atoms with Crippen molar-refractivity contribution in [2.45, 2.75) is 38.0 Å². The van der Waals surface area contributed by atoms with Gasteiger partial charge in [0.25, 0.3) is 5.91 Å². The monoisotopic (exact) mass is 536 g/mol. The lowest BCUT2D eigenvalue weighted by Crippen LogP contribution is -2.33. The zero-order valence-electron chi connectivity index (χ0n) is 20.7. The van der Waals surface area contributed by atoms with Gasteiger partial charge in [0.1, 0.15) is 0 Å². The third kappa shape index (κ3) is 6.03. The van der Waals surface area contributed by atoms with E-state index >= 15 is 0 Å². The summed E-state index contributed by atoms with van der Waals surface area (Å²) in [6.07, 6.45) is 2.58. The lowest BCUT2D eigenvalue weighted by Gasteiger charge is -2.21. The summed E-state index contributed by atoms with van der Waals surface area (Å²) >= 11 is 1.52. The Hall–Kier alpha value is -2.04. The van der Waals surface area contributed by atoms with Crippen molar-refractivity contribution in [1.82, 2.24) is 14.2 Å². The van der Waals surface area contributed by atoms with Crippen LogP contribution in [0.2, 0.25) is 0 Å². The number of aryl methyl sites for hydroxylation is 2. The van der Waals surface area contributed by atoms with Gasteiger partial charge in [-0.25, -0.2) is 13.4 Å². The van der Waals surface area contributed by atoms with Crippen molar-refractivity contribution in [2.75, 3.05) is 45.2 Å². The third-order valence-corrected chi connectivity index (χ3v) is 9.22. The maximum absolute atomic E-state index is 13.6. The van der Waals surface area contributed by atoms with E-state index in [0.29, 0.717) is 30.3 Å². The van der Waals surface area contributed by atoms with E-state index in [-0.39, 0.29) is 23.2 Å². The molecule has 35 heavy (non-hydrogen) atoms. The fraction of sp³-hybridized carbons (Fsp3) is 0.440. The minimum atomic E-state index is -3.51. The first-order valence-corrected chi connectivity index (χ1v) is 13.9. The molecule has 1 aliphatic heterocycles. The number of halogens is 1. The maximum atomic E-state index is 13.6. The van der Waals surface area contributed by atoms with Gasteiger partial charge >= 0.3 is 0 Å². The summed E-state index contributed by atoms with van der Waals surface area (Å²) in [5, 5.41) is 0.668. The molecule has 10 heteroatoms. The molecule has 0 spiro atoms. The van der Waals surface area contributed by atoms with Crippen molar-refractivity contribution < 1.29 is 13.2 Å². The van der Waals surface area contributed by atoms with Crippen LogP contribution in [-0.2, 0) is 10.0 Å². The number of fused-ring (bicyclic) bond motifs is 1. The Kier molecular flexibility index (Phi) is 8.93. The molecule has 2 heterocycles. The minimum absolute atomic E-state index is 0. The van der Waals surface area contributed by atoms with Crippen molar-refractivity contribution in [2.24, 2.45) is 0 Å². The lowest BCUT2D eigenvalue weighted by molar-refractivity contribution is 0.0986. The molecule has 190 valence electrons. The number of thiazole rings is 1. The van der Waals surface area contributed by atoms with Crippen LogP contribution in [0.1, 0.15) is 40.7 Å². The maximum Gasteiger partial charge on any atom is 0.260 e. The highest BCUT2D eigenvalue weighted by atomic mass is 35.5. The fourth-order valence-electron chi connectivity index (χ4n) is 4.31. The second-order valence-electron chi connectivity index (χ2n) is 9.18. The molecule has 7 nitrogen and oxygen atoms in total. The molecule has 2 aromatic carbocycles. The number of sulfonamides is 1. The van der Waals surface area contributed by atoms with Gasteiger partial charge in [0.05, 0.1) is 15.1 Å². The summed E-state index contributed by atoms with van der Waals surface area (Å²) in [6.45, 7) is 6.60. The largest absolute Gasteiger partial charge is 0.309 e. The van der Waals surface area contributed by atoms with Crippen molar-refractivity contribution >= 4 is 55.0 Å². The highest BCUT2D eigenvalue weighted by molar-refractivity contribution is 7.89. The molecular formula is C25H33ClN4O3S2. The molecule has 0 radical (unpaired) electrons. The standard InChI is InChI=1S/C25H32N4O3S2.ClH/c1-18-16-19(2)23-22(17-18)26-25(33-23)29(15-7-12-27(3)4)24(30)20-8-10-21(11-9-20)34(31,32)28-13-5-6-14-28;/h8-11,16-17H,5-7,12-15H2,1-4H3;1H. The number of hydrogen-bond acceptors (Lipinski definition) is 6. The molecule has 0 saturated carbocycles. The Labute approximate surface area is 218 Å². The number of carbonyl (C=O) groups excluding carboxylic acids is 1. The van der Waals surface area contributed by atoms with E-state index in [1.54, 1.807) is 29.2 Å². The SMILES string of the molecule is Cc1cc(C)c2sc(N(CCCN(C)C)C(=O)c3ccc(S(=O)(=O)N4CCCC4)cc3)nc2c1.Cl. The minimum Gasteiger partial charge on any atom is -0.309 e. The summed E-state index contributed by atoms with van der Waals surface area (Å²) in [4.78, 5) is 22.4. The second kappa shape index (κ2) is 11.3. The molecule has 1 aromatic heterocycles. The van der Waals surface area contributed by atoms with Gasteiger partial charge in [-0.15, -0.1) is 12.4 Å². The van der Waals surface area contributed by atoms with Gasteiger partial charge in [-0.1, -0.05) is 17.4 Å². The Bertz CT molecular complexity index is 1280. The summed E-state index contributed by atoms with van der Waals surface area (Å²) in [5.74, 6) is -0.169. The molecule has 0 aliphatic carbocycles. The molecule has 3 aromatic rings. The van der Waals surface area contributed by atoms with Gasteiger partial charge in [-0.2, -0.15) is 4.31 Å². The van der Waals surface area contributed by atoms with E-state index in [0.717, 1.165) is 47.2 Å². The molecule has 4 rings (SSSR count). The molecule has 1 saturated heterocycles. The van der Waals surface area contributed by atoms with Crippen LogP contribution in [0.4, 0.5) is 5.13 Å². The molecule has 1 aliphatic rings. The Morgan fingerprint density at radius 3 is 2.34 bits per heavy atom. The zero-order chi connectivity index (χ0) is 24.5. The summed E-state index contributed by atoms with van der Waals surface area (Å²) in [6, 6.07) is 10.5. The number of carbonyl (C=O) groups is 1. The average molecular weight is 537 g/mol. The number of amides is 1. The van der Waals surface area contributed by atoms with Crippen molar-refractivity contribution in [1.29, 1.82) is 0 Å². The lowest BCUT2D eigenvalue weighted by atomic mass is 10.1. The first-order chi connectivity index (χ1) is 16.2. The molecule has 1 fully saturated rings. The van der Waals surface area contributed by atoms with Crippen LogP contribution in [-0.4, -0.2) is 68.8 Å². The van der Waals surface area contributed by atoms with Crippen molar-refractivity contribution in [3.8, 4) is 0 Å². The first-order valence-electron chi connectivity index (χ1n) is 11.6. The predicted octanol–water partition coefficient (Wildman–Crippen LogP) is 4.72. The number of rotatable bonds is 8. The second-order valence-corrected chi connectivity index (χ2v) is 12.1. The van der Waals surface area contributed by atoms with E-state index < -0.39 is 10.0 Å². The number of benzene rings is 2. The number of nitrogens with zero attached hydrogens (tertiary/aromatic N) is 4. The Balaban J connectivity index is 0.00000342. The molecule has 0 N–H and O–H groups in total. The van der Waals surface area contributed by atoms with E-state index in [2.05, 4.69) is 17.9 Å². The quantitative estimate of drug-likeness (QED) is 0.416. The number of anilines is 1. The molecule has 1 amide bonds. The summed E-state index contributed by atoms with van der Waals surface area (Å²) in [7, 11) is 0.508. The van der Waals surface area contributed by atoms with Crippen LogP contribution in [0.3, 0.4) is 0 Å². The summed E-state index contributed by atoms with van der Waals surface area (Å²) < 4.78 is 28.3. The Morgan fingerprint density at radius 2 is 1.71 bits per heavy atom. The fourth-order valence-corrected chi connectivity index (χ4v) is 6.87. The van der Waals surface area contributed by atoms with E-state index in [1.165, 1.54) is 15.6 Å². The topological polar surface area (TPSA) is 73.8 Å². The smallest absolute Gasteiger partial charge is 0.260 e. The highest BCUT2D eigenvalue weighted by Gasteiger charge is 2.28. The molecule has 0 bridgehead atoms. The van der Waals surface area contributed by atoms with Gasteiger partial charge < -0.3 is 4.90 Å². The van der Waals surface area contributed by atoms with Gasteiger partial charge in [-0.05, 0) is 95.2 Å². The number of aromatic nitrogens is 1. The highest BCUT2D eigenvalue weighted by Crippen LogP contribution is 2.33. The van der Waals surface area contributed by atoms with Crippen LogP contribution in [0.15, 0.2) is 41.3 Å². The average Bonchev–Trinajstić information content (AvgIpc) is 3.47. The number of hydrogen-bond donors (Lipinski definition) is 0. The zero-order valence-corrected chi connectivity index (χ0v) is 23.1. The summed E-state index contributed by atoms with van der Waals surface area (Å²) in [5.41, 5.74) is 3.64. The van der Waals surface area contributed by atoms with Crippen LogP contribution >= 0.6 is 23.7 Å².